The van der Waals surface area contributed by atoms with Crippen molar-refractivity contribution in [2.24, 2.45) is 0 Å². The van der Waals surface area contributed by atoms with Crippen LogP contribution in [0.2, 0.25) is 0 Å². The van der Waals surface area contributed by atoms with Gasteiger partial charge in [-0.05, 0) is 59.3 Å². The lowest BCUT2D eigenvalue weighted by Crippen LogP contribution is -2.00. The number of nitrogens with zero attached hydrogens (tertiary/aromatic N) is 4. The highest BCUT2D eigenvalue weighted by atomic mass is 16.3. The molecule has 0 saturated carbocycles. The number of rotatable bonds is 4. The minimum absolute atomic E-state index is 0.628. The molecular formula is C43H26N4O. The molecule has 5 nitrogen and oxygen atoms in total. The zero-order valence-corrected chi connectivity index (χ0v) is 25.7. The summed E-state index contributed by atoms with van der Waals surface area (Å²) >= 11 is 0. The van der Waals surface area contributed by atoms with Gasteiger partial charge in [-0.25, -0.2) is 15.0 Å². The zero-order chi connectivity index (χ0) is 31.6. The van der Waals surface area contributed by atoms with E-state index in [1.807, 2.05) is 60.7 Å². The van der Waals surface area contributed by atoms with E-state index in [-0.39, 0.29) is 0 Å². The largest absolute Gasteiger partial charge is 0.454 e. The van der Waals surface area contributed by atoms with Crippen LogP contribution in [0.15, 0.2) is 162 Å². The van der Waals surface area contributed by atoms with Gasteiger partial charge in [0, 0.05) is 43.9 Å². The van der Waals surface area contributed by atoms with Gasteiger partial charge in [0.05, 0.1) is 11.0 Å². The number of benzene rings is 7. The van der Waals surface area contributed by atoms with Crippen molar-refractivity contribution in [2.45, 2.75) is 0 Å². The van der Waals surface area contributed by atoms with Crippen LogP contribution in [-0.2, 0) is 0 Å². The van der Waals surface area contributed by atoms with Crippen LogP contribution in [0, 0.1) is 0 Å². The van der Waals surface area contributed by atoms with E-state index in [1.165, 1.54) is 16.2 Å². The Bertz CT molecular complexity index is 2760. The summed E-state index contributed by atoms with van der Waals surface area (Å²) in [5.74, 6) is 1.92. The topological polar surface area (TPSA) is 56.7 Å². The number of aromatic nitrogens is 4. The second-order valence-electron chi connectivity index (χ2n) is 12.1. The fraction of sp³-hybridized carbons (Fsp3) is 0. The van der Waals surface area contributed by atoms with Crippen molar-refractivity contribution in [3.05, 3.63) is 158 Å². The van der Waals surface area contributed by atoms with Crippen molar-refractivity contribution in [1.29, 1.82) is 0 Å². The number of fused-ring (bicyclic) bond motifs is 8. The molecule has 0 fully saturated rings. The second-order valence-corrected chi connectivity index (χ2v) is 12.1. The van der Waals surface area contributed by atoms with Crippen molar-refractivity contribution >= 4 is 54.5 Å². The SMILES string of the molecule is c1ccc(-c2nc(-c3ccccc3)nc(-c3ccc(-n4c5ccccc5c5ccc6c7cc8ccccc8cc7oc6c54)cc3)n2)cc1. The van der Waals surface area contributed by atoms with E-state index in [1.54, 1.807) is 0 Å². The van der Waals surface area contributed by atoms with Crippen molar-refractivity contribution in [1.82, 2.24) is 19.5 Å². The highest BCUT2D eigenvalue weighted by Crippen LogP contribution is 2.41. The van der Waals surface area contributed by atoms with Gasteiger partial charge < -0.3 is 8.98 Å². The van der Waals surface area contributed by atoms with Gasteiger partial charge in [0.2, 0.25) is 0 Å². The summed E-state index contributed by atoms with van der Waals surface area (Å²) in [4.78, 5) is 14.7. The van der Waals surface area contributed by atoms with Crippen LogP contribution in [-0.4, -0.2) is 19.5 Å². The van der Waals surface area contributed by atoms with Crippen LogP contribution in [0.3, 0.4) is 0 Å². The average molecular weight is 615 g/mol. The fourth-order valence-electron chi connectivity index (χ4n) is 6.93. The summed E-state index contributed by atoms with van der Waals surface area (Å²) in [5.41, 5.74) is 7.79. The Morgan fingerprint density at radius 1 is 0.417 bits per heavy atom. The summed E-state index contributed by atoms with van der Waals surface area (Å²) in [6, 6.07) is 54.4. The van der Waals surface area contributed by atoms with Gasteiger partial charge in [0.15, 0.2) is 23.1 Å². The first-order valence-electron chi connectivity index (χ1n) is 16.0. The standard InChI is InChI=1S/C43H26N4O/c1-3-11-27(12-4-1)41-44-42(28-13-5-2-6-14-28)46-43(45-41)29-19-21-32(22-20-29)47-37-18-10-9-17-33(37)34-23-24-35-36-25-30-15-7-8-16-31(30)26-38(36)48-40(35)39(34)47/h1-26H. The maximum absolute atomic E-state index is 6.72. The van der Waals surface area contributed by atoms with Crippen LogP contribution < -0.4 is 0 Å². The molecule has 0 N–H and O–H groups in total. The molecule has 0 bridgehead atoms. The lowest BCUT2D eigenvalue weighted by molar-refractivity contribution is 0.671. The summed E-state index contributed by atoms with van der Waals surface area (Å²) < 4.78 is 9.04. The molecule has 5 heteroatoms. The second kappa shape index (κ2) is 10.5. The van der Waals surface area contributed by atoms with Gasteiger partial charge >= 0.3 is 0 Å². The van der Waals surface area contributed by atoms with Crippen LogP contribution in [0.4, 0.5) is 0 Å². The van der Waals surface area contributed by atoms with Crippen LogP contribution >= 0.6 is 0 Å². The Morgan fingerprint density at radius 2 is 0.958 bits per heavy atom. The molecule has 0 saturated heterocycles. The van der Waals surface area contributed by atoms with Gasteiger partial charge in [0.25, 0.3) is 0 Å². The normalized spacial score (nSPS) is 11.8. The summed E-state index contributed by atoms with van der Waals surface area (Å²) in [5, 5.41) is 6.94. The first-order valence-corrected chi connectivity index (χ1v) is 16.0. The Morgan fingerprint density at radius 3 is 1.62 bits per heavy atom. The van der Waals surface area contributed by atoms with Crippen molar-refractivity contribution in [2.75, 3.05) is 0 Å². The molecule has 48 heavy (non-hydrogen) atoms. The predicted octanol–water partition coefficient (Wildman–Crippen LogP) is 11.0. The molecule has 0 radical (unpaired) electrons. The van der Waals surface area contributed by atoms with Gasteiger partial charge in [-0.1, -0.05) is 109 Å². The maximum Gasteiger partial charge on any atom is 0.164 e. The third kappa shape index (κ3) is 4.15. The molecule has 10 rings (SSSR count). The van der Waals surface area contributed by atoms with Crippen molar-refractivity contribution < 1.29 is 4.42 Å². The third-order valence-corrected chi connectivity index (χ3v) is 9.22. The lowest BCUT2D eigenvalue weighted by atomic mass is 10.1. The quantitative estimate of drug-likeness (QED) is 0.198. The molecule has 0 aliphatic carbocycles. The maximum atomic E-state index is 6.72. The number of hydrogen-bond donors (Lipinski definition) is 0. The van der Waals surface area contributed by atoms with Gasteiger partial charge in [-0.2, -0.15) is 0 Å². The van der Waals surface area contributed by atoms with Crippen molar-refractivity contribution in [3.63, 3.8) is 0 Å². The fourth-order valence-corrected chi connectivity index (χ4v) is 6.93. The Hall–Kier alpha value is -6.59. The van der Waals surface area contributed by atoms with E-state index in [9.17, 15) is 0 Å². The van der Waals surface area contributed by atoms with E-state index < -0.39 is 0 Å². The predicted molar refractivity (Wildman–Crippen MR) is 195 cm³/mol. The van der Waals surface area contributed by atoms with E-state index >= 15 is 0 Å². The smallest absolute Gasteiger partial charge is 0.164 e. The Labute approximate surface area is 275 Å². The summed E-state index contributed by atoms with van der Waals surface area (Å²) in [6.07, 6.45) is 0. The molecule has 0 unspecified atom stereocenters. The molecular weight excluding hydrogens is 589 g/mol. The van der Waals surface area contributed by atoms with E-state index in [4.69, 9.17) is 19.4 Å². The van der Waals surface area contributed by atoms with E-state index in [0.29, 0.717) is 17.5 Å². The highest BCUT2D eigenvalue weighted by Gasteiger charge is 2.20. The summed E-state index contributed by atoms with van der Waals surface area (Å²) in [6.45, 7) is 0. The van der Waals surface area contributed by atoms with Gasteiger partial charge in [-0.3, -0.25) is 0 Å². The van der Waals surface area contributed by atoms with Crippen LogP contribution in [0.1, 0.15) is 0 Å². The number of furan rings is 1. The third-order valence-electron chi connectivity index (χ3n) is 9.22. The molecule has 3 heterocycles. The molecule has 0 spiro atoms. The van der Waals surface area contributed by atoms with Crippen molar-refractivity contribution in [3.8, 4) is 39.9 Å². The Kier molecular flexibility index (Phi) is 5.81. The first kappa shape index (κ1) is 26.6. The number of hydrogen-bond acceptors (Lipinski definition) is 4. The Balaban J connectivity index is 1.17. The molecule has 7 aromatic carbocycles. The molecule has 224 valence electrons. The molecule has 0 atom stereocenters. The van der Waals surface area contributed by atoms with E-state index in [2.05, 4.69) is 102 Å². The lowest BCUT2D eigenvalue weighted by Gasteiger charge is -2.11. The molecule has 0 aliphatic rings. The van der Waals surface area contributed by atoms with Gasteiger partial charge in [-0.15, -0.1) is 0 Å². The van der Waals surface area contributed by atoms with Crippen LogP contribution in [0.25, 0.3) is 94.4 Å². The minimum atomic E-state index is 0.628. The zero-order valence-electron chi connectivity index (χ0n) is 25.7. The molecule has 0 amide bonds. The van der Waals surface area contributed by atoms with Crippen LogP contribution in [0.5, 0.6) is 0 Å². The molecule has 0 aliphatic heterocycles. The molecule has 10 aromatic rings. The van der Waals surface area contributed by atoms with Gasteiger partial charge in [0.1, 0.15) is 5.58 Å². The minimum Gasteiger partial charge on any atom is -0.454 e. The average Bonchev–Trinajstić information content (AvgIpc) is 3.70. The van der Waals surface area contributed by atoms with E-state index in [0.717, 1.165) is 60.7 Å². The molecule has 3 aromatic heterocycles. The first-order chi connectivity index (χ1) is 23.8. The summed E-state index contributed by atoms with van der Waals surface area (Å²) in [7, 11) is 0. The number of para-hydroxylation sites is 1. The highest BCUT2D eigenvalue weighted by molar-refractivity contribution is 6.22. The monoisotopic (exact) mass is 614 g/mol.